The molecule has 2 aromatic carbocycles. The van der Waals surface area contributed by atoms with E-state index in [0.717, 1.165) is 24.1 Å². The minimum absolute atomic E-state index is 0.224. The van der Waals surface area contributed by atoms with E-state index in [9.17, 15) is 4.79 Å². The molecule has 1 saturated heterocycles. The van der Waals surface area contributed by atoms with Crippen LogP contribution in [0.2, 0.25) is 0 Å². The number of ether oxygens (including phenoxy) is 1. The molecule has 0 aliphatic carbocycles. The van der Waals surface area contributed by atoms with Gasteiger partial charge in [0.05, 0.1) is 6.54 Å². The maximum absolute atomic E-state index is 12.0. The molecule has 0 radical (unpaired) electrons. The fourth-order valence-electron chi connectivity index (χ4n) is 3.36. The van der Waals surface area contributed by atoms with Gasteiger partial charge in [0.15, 0.2) is 0 Å². The van der Waals surface area contributed by atoms with Crippen LogP contribution in [-0.4, -0.2) is 25.3 Å². The molecule has 2 unspecified atom stereocenters. The van der Waals surface area contributed by atoms with Crippen LogP contribution in [0.1, 0.15) is 11.1 Å². The molecule has 124 valence electrons. The van der Waals surface area contributed by atoms with Crippen molar-refractivity contribution < 1.29 is 9.53 Å². The number of benzene rings is 2. The number of hydrogen-bond acceptors (Lipinski definition) is 4. The summed E-state index contributed by atoms with van der Waals surface area (Å²) < 4.78 is 5.23. The zero-order chi connectivity index (χ0) is 16.7. The molecule has 0 bridgehead atoms. The summed E-state index contributed by atoms with van der Waals surface area (Å²) in [4.78, 5) is 16.0. The molecule has 2 aliphatic heterocycles. The van der Waals surface area contributed by atoms with Gasteiger partial charge in [-0.15, -0.1) is 9.24 Å². The highest BCUT2D eigenvalue weighted by molar-refractivity contribution is 7.28. The molecule has 5 nitrogen and oxygen atoms in total. The van der Waals surface area contributed by atoms with Crippen molar-refractivity contribution in [2.24, 2.45) is 5.73 Å². The first-order valence-electron chi connectivity index (χ1n) is 8.05. The molecule has 6 heteroatoms. The van der Waals surface area contributed by atoms with Crippen molar-refractivity contribution >= 4 is 32.0 Å². The molecule has 2 atom stereocenters. The van der Waals surface area contributed by atoms with E-state index in [2.05, 4.69) is 44.5 Å². The summed E-state index contributed by atoms with van der Waals surface area (Å²) in [5, 5.41) is 1.07. The largest absolute Gasteiger partial charge is 0.443 e. The number of amides is 1. The average Bonchev–Trinajstić information content (AvgIpc) is 3.17. The Morgan fingerprint density at radius 2 is 1.88 bits per heavy atom. The van der Waals surface area contributed by atoms with Gasteiger partial charge in [-0.1, -0.05) is 24.3 Å². The van der Waals surface area contributed by atoms with Gasteiger partial charge in [0.2, 0.25) is 0 Å². The second-order valence-corrected chi connectivity index (χ2v) is 6.84. The molecule has 0 saturated carbocycles. The van der Waals surface area contributed by atoms with Gasteiger partial charge in [-0.25, -0.2) is 4.79 Å². The zero-order valence-corrected chi connectivity index (χ0v) is 14.5. The third kappa shape index (κ3) is 2.64. The van der Waals surface area contributed by atoms with Crippen molar-refractivity contribution in [3.05, 3.63) is 53.6 Å². The lowest BCUT2D eigenvalue weighted by atomic mass is 10.1. The maximum Gasteiger partial charge on any atom is 0.414 e. The summed E-state index contributed by atoms with van der Waals surface area (Å²) in [6.07, 6.45) is -0.547. The van der Waals surface area contributed by atoms with Gasteiger partial charge in [0, 0.05) is 31.0 Å². The lowest BCUT2D eigenvalue weighted by molar-refractivity contribution is 0.145. The number of anilines is 2. The number of nitrogens with zero attached hydrogens (tertiary/aromatic N) is 2. The predicted molar refractivity (Wildman–Crippen MR) is 98.8 cm³/mol. The van der Waals surface area contributed by atoms with Crippen LogP contribution in [0.3, 0.4) is 0 Å². The lowest BCUT2D eigenvalue weighted by Crippen LogP contribution is -2.28. The Bertz CT molecular complexity index is 771. The van der Waals surface area contributed by atoms with Crippen molar-refractivity contribution in [2.75, 3.05) is 22.9 Å². The Kier molecular flexibility index (Phi) is 3.91. The number of hydrogen-bond donors (Lipinski definition) is 1. The van der Waals surface area contributed by atoms with E-state index in [-0.39, 0.29) is 12.2 Å². The first kappa shape index (κ1) is 15.4. The quantitative estimate of drug-likeness (QED) is 0.868. The molecule has 0 aromatic heterocycles. The molecule has 0 spiro atoms. The molecular weight excluding hydrogens is 321 g/mol. The number of carbonyl (C=O) groups excluding carboxylic acids is 1. The summed E-state index contributed by atoms with van der Waals surface area (Å²) >= 11 is 0. The Balaban J connectivity index is 1.57. The summed E-state index contributed by atoms with van der Waals surface area (Å²) in [6, 6.07) is 14.6. The molecule has 1 amide bonds. The van der Waals surface area contributed by atoms with Crippen LogP contribution in [0.5, 0.6) is 0 Å². The van der Waals surface area contributed by atoms with E-state index in [0.29, 0.717) is 13.1 Å². The second-order valence-electron chi connectivity index (χ2n) is 6.22. The van der Waals surface area contributed by atoms with Crippen LogP contribution < -0.4 is 20.8 Å². The van der Waals surface area contributed by atoms with E-state index in [1.165, 1.54) is 16.8 Å². The van der Waals surface area contributed by atoms with E-state index in [4.69, 9.17) is 10.5 Å². The Morgan fingerprint density at radius 1 is 1.17 bits per heavy atom. The van der Waals surface area contributed by atoms with Gasteiger partial charge in [-0.05, 0) is 34.6 Å². The number of fused-ring (bicyclic) bond motifs is 1. The van der Waals surface area contributed by atoms with Gasteiger partial charge >= 0.3 is 6.09 Å². The third-order valence-corrected chi connectivity index (χ3v) is 5.10. The Hall–Kier alpha value is -2.10. The number of nitrogens with two attached hydrogens (primary N) is 1. The summed E-state index contributed by atoms with van der Waals surface area (Å²) in [6.45, 7) is 2.68. The van der Waals surface area contributed by atoms with Gasteiger partial charge in [0.1, 0.15) is 6.10 Å². The fraction of sp³-hybridized carbons (Fsp3) is 0.278. The standard InChI is InChI=1S/C18H20N3O2P/c19-8-15-11-21(18(22)23-15)14-5-6-16(17(24)7-14)20-9-12-3-1-2-4-13(12)10-20/h1-7,15H,8-11,19,24H2. The van der Waals surface area contributed by atoms with Crippen molar-refractivity contribution in [2.45, 2.75) is 19.2 Å². The average molecular weight is 341 g/mol. The zero-order valence-electron chi connectivity index (χ0n) is 13.3. The van der Waals surface area contributed by atoms with Crippen molar-refractivity contribution in [1.82, 2.24) is 0 Å². The molecule has 2 N–H and O–H groups in total. The van der Waals surface area contributed by atoms with Crippen LogP contribution in [0.15, 0.2) is 42.5 Å². The van der Waals surface area contributed by atoms with Crippen LogP contribution in [0, 0.1) is 0 Å². The van der Waals surface area contributed by atoms with Crippen LogP contribution in [-0.2, 0) is 17.8 Å². The number of cyclic esters (lactones) is 1. The highest BCUT2D eigenvalue weighted by Gasteiger charge is 2.31. The van der Waals surface area contributed by atoms with Crippen LogP contribution in [0.25, 0.3) is 0 Å². The van der Waals surface area contributed by atoms with Crippen molar-refractivity contribution in [3.8, 4) is 0 Å². The Labute approximate surface area is 143 Å². The maximum atomic E-state index is 12.0. The first-order chi connectivity index (χ1) is 11.7. The summed E-state index contributed by atoms with van der Waals surface area (Å²) in [5.41, 5.74) is 10.4. The number of rotatable bonds is 3. The van der Waals surface area contributed by atoms with Gasteiger partial charge in [-0.3, -0.25) is 4.90 Å². The molecule has 2 aliphatic rings. The van der Waals surface area contributed by atoms with Gasteiger partial charge < -0.3 is 15.4 Å². The molecule has 1 fully saturated rings. The fourth-order valence-corrected chi connectivity index (χ4v) is 3.81. The summed E-state index contributed by atoms with van der Waals surface area (Å²) in [7, 11) is 2.78. The van der Waals surface area contributed by atoms with Crippen LogP contribution >= 0.6 is 9.24 Å². The SMILES string of the molecule is NCC1CN(c2ccc(N3Cc4ccccc4C3)c(P)c2)C(=O)O1. The highest BCUT2D eigenvalue weighted by Crippen LogP contribution is 2.30. The molecular formula is C18H20N3O2P. The monoisotopic (exact) mass is 341 g/mol. The van der Waals surface area contributed by atoms with E-state index in [1.807, 2.05) is 12.1 Å². The topological polar surface area (TPSA) is 58.8 Å². The molecule has 4 rings (SSSR count). The highest BCUT2D eigenvalue weighted by atomic mass is 31.0. The van der Waals surface area contributed by atoms with Gasteiger partial charge in [-0.2, -0.15) is 0 Å². The molecule has 2 aromatic rings. The second kappa shape index (κ2) is 6.08. The summed E-state index contributed by atoms with van der Waals surface area (Å²) in [5.74, 6) is 0. The normalized spacial score (nSPS) is 19.6. The van der Waals surface area contributed by atoms with E-state index < -0.39 is 0 Å². The lowest BCUT2D eigenvalue weighted by Gasteiger charge is -2.22. The Morgan fingerprint density at radius 3 is 2.46 bits per heavy atom. The number of carbonyl (C=O) groups is 1. The molecule has 24 heavy (non-hydrogen) atoms. The van der Waals surface area contributed by atoms with Crippen LogP contribution in [0.4, 0.5) is 16.2 Å². The van der Waals surface area contributed by atoms with Gasteiger partial charge in [0.25, 0.3) is 0 Å². The van der Waals surface area contributed by atoms with Crippen molar-refractivity contribution in [3.63, 3.8) is 0 Å². The third-order valence-electron chi connectivity index (χ3n) is 4.64. The minimum Gasteiger partial charge on any atom is -0.443 e. The van der Waals surface area contributed by atoms with E-state index >= 15 is 0 Å². The van der Waals surface area contributed by atoms with Crippen molar-refractivity contribution in [1.29, 1.82) is 0 Å². The molecule has 2 heterocycles. The van der Waals surface area contributed by atoms with E-state index in [1.54, 1.807) is 4.90 Å². The minimum atomic E-state index is -0.323. The predicted octanol–water partition coefficient (Wildman–Crippen LogP) is 1.99. The smallest absolute Gasteiger partial charge is 0.414 e. The first-order valence-corrected chi connectivity index (χ1v) is 8.63.